The number of halogens is 9. The van der Waals surface area contributed by atoms with Crippen molar-refractivity contribution in [3.05, 3.63) is 0 Å². The molecule has 7 aliphatic rings. The number of fused-ring (bicyclic) bond motifs is 3. The van der Waals surface area contributed by atoms with Gasteiger partial charge in [0.1, 0.15) is 0 Å². The average Bonchev–Trinajstić information content (AvgIpc) is 3.40. The molecule has 7 fully saturated rings. The molecule has 0 spiro atoms. The number of likely N-dealkylation sites (tertiary alicyclic amines) is 2. The van der Waals surface area contributed by atoms with Crippen LogP contribution in [0.2, 0.25) is 0 Å². The van der Waals surface area contributed by atoms with Gasteiger partial charge in [-0.2, -0.15) is 39.5 Å². The third kappa shape index (κ3) is 6.91. The Morgan fingerprint density at radius 3 is 1.52 bits per heavy atom. The van der Waals surface area contributed by atoms with Crippen LogP contribution in [-0.2, 0) is 0 Å². The van der Waals surface area contributed by atoms with Crippen molar-refractivity contribution in [2.45, 2.75) is 164 Å². The Balaban J connectivity index is 1.03. The molecule has 1 N–H and O–H groups in total. The number of nitrogens with zero attached hydrogens (tertiary/aromatic N) is 2. The van der Waals surface area contributed by atoms with E-state index < -0.39 is 61.0 Å². The second-order valence-electron chi connectivity index (χ2n) is 16.9. The minimum Gasteiger partial charge on any atom is -0.301 e. The van der Waals surface area contributed by atoms with E-state index in [1.54, 1.807) is 0 Å². The van der Waals surface area contributed by atoms with Gasteiger partial charge in [0.25, 0.3) is 0 Å². The number of hydrogen-bond acceptors (Lipinski definition) is 3. The van der Waals surface area contributed by atoms with Crippen molar-refractivity contribution in [1.29, 1.82) is 0 Å². The first-order valence-electron chi connectivity index (χ1n) is 19.2. The summed E-state index contributed by atoms with van der Waals surface area (Å²) in [5.41, 5.74) is 0. The first-order chi connectivity index (χ1) is 22.7. The molecular weight excluding hydrogens is 645 g/mol. The maximum absolute atomic E-state index is 13.9. The summed E-state index contributed by atoms with van der Waals surface area (Å²) in [7, 11) is 0. The molecule has 0 amide bonds. The van der Waals surface area contributed by atoms with Crippen LogP contribution >= 0.6 is 0 Å². The van der Waals surface area contributed by atoms with Gasteiger partial charge in [0.2, 0.25) is 0 Å². The van der Waals surface area contributed by atoms with Gasteiger partial charge in [-0.15, -0.1) is 0 Å². The normalized spacial score (nSPS) is 45.6. The highest BCUT2D eigenvalue weighted by molar-refractivity contribution is 5.05. The van der Waals surface area contributed by atoms with Gasteiger partial charge in [0.05, 0.1) is 23.9 Å². The molecule has 0 radical (unpaired) electrons. The summed E-state index contributed by atoms with van der Waals surface area (Å²) < 4.78 is 125. The Labute approximate surface area is 279 Å². The molecule has 9 unspecified atom stereocenters. The third-order valence-corrected chi connectivity index (χ3v) is 14.6. The number of piperidine rings is 1. The van der Waals surface area contributed by atoms with E-state index in [1.165, 1.54) is 64.2 Å². The van der Waals surface area contributed by atoms with Gasteiger partial charge in [0, 0.05) is 30.1 Å². The zero-order valence-corrected chi connectivity index (χ0v) is 27.9. The van der Waals surface area contributed by atoms with E-state index in [0.717, 1.165) is 37.8 Å². The highest BCUT2D eigenvalue weighted by Gasteiger charge is 2.66. The topological polar surface area (TPSA) is 18.5 Å². The number of hydrogen-bond donors (Lipinski definition) is 1. The van der Waals surface area contributed by atoms with Crippen LogP contribution in [0.1, 0.15) is 116 Å². The van der Waals surface area contributed by atoms with Crippen LogP contribution < -0.4 is 5.32 Å². The van der Waals surface area contributed by atoms with Crippen molar-refractivity contribution < 1.29 is 39.5 Å². The van der Waals surface area contributed by atoms with Gasteiger partial charge in [-0.3, -0.25) is 9.80 Å². The predicted molar refractivity (Wildman–Crippen MR) is 165 cm³/mol. The summed E-state index contributed by atoms with van der Waals surface area (Å²) in [4.78, 5) is 5.62. The lowest BCUT2D eigenvalue weighted by molar-refractivity contribution is -0.318. The lowest BCUT2D eigenvalue weighted by Gasteiger charge is -2.53. The summed E-state index contributed by atoms with van der Waals surface area (Å²) in [6.07, 6.45) is 0.0871. The molecule has 12 heteroatoms. The van der Waals surface area contributed by atoms with Gasteiger partial charge >= 0.3 is 18.5 Å². The Hall–Kier alpha value is -0.750. The van der Waals surface area contributed by atoms with Crippen molar-refractivity contribution in [3.63, 3.8) is 0 Å². The number of alkyl halides is 9. The highest BCUT2D eigenvalue weighted by Crippen LogP contribution is 2.59. The van der Waals surface area contributed by atoms with Crippen molar-refractivity contribution in [2.75, 3.05) is 13.1 Å². The van der Waals surface area contributed by atoms with Crippen molar-refractivity contribution in [2.24, 2.45) is 47.3 Å². The van der Waals surface area contributed by atoms with Gasteiger partial charge in [0.15, 0.2) is 0 Å². The molecule has 276 valence electrons. The van der Waals surface area contributed by atoms with Crippen LogP contribution in [0.25, 0.3) is 0 Å². The molecule has 7 rings (SSSR count). The lowest BCUT2D eigenvalue weighted by atomic mass is 9.61. The second-order valence-corrected chi connectivity index (χ2v) is 16.9. The summed E-state index contributed by atoms with van der Waals surface area (Å²) in [6.45, 7) is 1.91. The lowest BCUT2D eigenvalue weighted by Crippen LogP contribution is -2.65. The molecule has 0 aromatic carbocycles. The smallest absolute Gasteiger partial charge is 0.301 e. The van der Waals surface area contributed by atoms with E-state index in [4.69, 9.17) is 0 Å². The highest BCUT2D eigenvalue weighted by atomic mass is 19.4. The van der Waals surface area contributed by atoms with E-state index >= 15 is 0 Å². The van der Waals surface area contributed by atoms with Crippen LogP contribution in [0.4, 0.5) is 39.5 Å². The van der Waals surface area contributed by atoms with Crippen molar-refractivity contribution in [1.82, 2.24) is 15.1 Å². The van der Waals surface area contributed by atoms with E-state index in [9.17, 15) is 39.5 Å². The molecule has 3 nitrogen and oxygen atoms in total. The molecule has 4 aliphatic carbocycles. The molecule has 48 heavy (non-hydrogen) atoms. The standard InChI is InChI=1S/C36H54F9N3/c37-34(38,39)27-19-24(20-28(35(40,41)42)32(27)36(43,44)45)21-11-13-25(14-12-21)47-18-16-26-31(47)15-17-46-33(26)48-29-7-3-1-5-22(29)9-10-23-6-2-4-8-30(23)48/h21-33,46H,1-20H2. The van der Waals surface area contributed by atoms with Gasteiger partial charge in [-0.25, -0.2) is 0 Å². The Morgan fingerprint density at radius 2 is 1.00 bits per heavy atom. The SMILES string of the molecule is FC(F)(F)C1CC(C2CCC(N3CCC4C3CCNC4N3C4CCCCC4CCC4CCCCC43)CC2)CC(C(F)(F)F)C1C(F)(F)F. The fourth-order valence-corrected chi connectivity index (χ4v) is 12.6. The minimum atomic E-state index is -5.56. The fraction of sp³-hybridized carbons (Fsp3) is 1.00. The zero-order valence-electron chi connectivity index (χ0n) is 27.9. The summed E-state index contributed by atoms with van der Waals surface area (Å²) >= 11 is 0. The van der Waals surface area contributed by atoms with Crippen LogP contribution in [0, 0.1) is 47.3 Å². The maximum atomic E-state index is 13.9. The molecule has 0 aromatic heterocycles. The molecule has 0 aromatic rings. The summed E-state index contributed by atoms with van der Waals surface area (Å²) in [5, 5.41) is 4.01. The van der Waals surface area contributed by atoms with Gasteiger partial charge in [-0.05, 0) is 127 Å². The third-order valence-electron chi connectivity index (χ3n) is 14.6. The van der Waals surface area contributed by atoms with Crippen LogP contribution in [0.15, 0.2) is 0 Å². The molecule has 0 bridgehead atoms. The second kappa shape index (κ2) is 13.7. The zero-order chi connectivity index (χ0) is 34.0. The molecule has 3 saturated heterocycles. The van der Waals surface area contributed by atoms with E-state index in [-0.39, 0.29) is 6.04 Å². The molecule has 4 saturated carbocycles. The maximum Gasteiger partial charge on any atom is 0.393 e. The fourth-order valence-electron chi connectivity index (χ4n) is 12.6. The molecule has 3 heterocycles. The van der Waals surface area contributed by atoms with Crippen LogP contribution in [0.3, 0.4) is 0 Å². The van der Waals surface area contributed by atoms with E-state index in [1.807, 2.05) is 0 Å². The first kappa shape index (κ1) is 35.6. The van der Waals surface area contributed by atoms with Crippen molar-refractivity contribution in [3.8, 4) is 0 Å². The number of nitrogens with one attached hydrogen (secondary N) is 1. The monoisotopic (exact) mass is 699 g/mol. The van der Waals surface area contributed by atoms with Gasteiger partial charge < -0.3 is 5.32 Å². The largest absolute Gasteiger partial charge is 0.393 e. The van der Waals surface area contributed by atoms with E-state index in [2.05, 4.69) is 15.1 Å². The quantitative estimate of drug-likeness (QED) is 0.296. The Bertz CT molecular complexity index is 1040. The van der Waals surface area contributed by atoms with Crippen LogP contribution in [0.5, 0.6) is 0 Å². The number of rotatable bonds is 3. The summed E-state index contributed by atoms with van der Waals surface area (Å²) in [5.74, 6) is -8.83. The summed E-state index contributed by atoms with van der Waals surface area (Å²) in [6, 6.07) is 1.92. The van der Waals surface area contributed by atoms with E-state index in [0.29, 0.717) is 55.9 Å². The molecule has 3 aliphatic heterocycles. The first-order valence-corrected chi connectivity index (χ1v) is 19.2. The Kier molecular flexibility index (Phi) is 10.1. The predicted octanol–water partition coefficient (Wildman–Crippen LogP) is 9.71. The van der Waals surface area contributed by atoms with Gasteiger partial charge in [-0.1, -0.05) is 25.7 Å². The minimum absolute atomic E-state index is 0.229. The Morgan fingerprint density at radius 1 is 0.479 bits per heavy atom. The molecule has 9 atom stereocenters. The molecular formula is C36H54F9N3. The average molecular weight is 700 g/mol. The van der Waals surface area contributed by atoms with Crippen molar-refractivity contribution >= 4 is 0 Å². The van der Waals surface area contributed by atoms with Crippen LogP contribution in [-0.4, -0.2) is 71.8 Å².